The van der Waals surface area contributed by atoms with Crippen LogP contribution in [-0.2, 0) is 0 Å². The number of rotatable bonds is 3. The lowest BCUT2D eigenvalue weighted by Gasteiger charge is -2.40. The van der Waals surface area contributed by atoms with Crippen LogP contribution in [0.15, 0.2) is 0 Å². The molecule has 1 heterocycles. The van der Waals surface area contributed by atoms with Crippen molar-refractivity contribution in [3.63, 3.8) is 0 Å². The Morgan fingerprint density at radius 3 is 2.47 bits per heavy atom. The van der Waals surface area contributed by atoms with Crippen molar-refractivity contribution in [1.82, 2.24) is 10.2 Å². The fourth-order valence-corrected chi connectivity index (χ4v) is 4.44. The van der Waals surface area contributed by atoms with E-state index in [1.165, 1.54) is 71.0 Å². The van der Waals surface area contributed by atoms with E-state index in [1.807, 2.05) is 0 Å². The number of nitrogens with one attached hydrogen (secondary N) is 1. The third kappa shape index (κ3) is 3.16. The van der Waals surface area contributed by atoms with E-state index in [0.29, 0.717) is 5.54 Å². The van der Waals surface area contributed by atoms with Gasteiger partial charge in [-0.2, -0.15) is 0 Å². The minimum absolute atomic E-state index is 0.415. The van der Waals surface area contributed by atoms with Crippen LogP contribution in [0.25, 0.3) is 0 Å². The van der Waals surface area contributed by atoms with Crippen LogP contribution >= 0.6 is 0 Å². The molecule has 1 aliphatic heterocycles. The van der Waals surface area contributed by atoms with E-state index >= 15 is 0 Å². The third-order valence-electron chi connectivity index (χ3n) is 6.07. The van der Waals surface area contributed by atoms with Gasteiger partial charge in [-0.1, -0.05) is 13.3 Å². The molecule has 2 nitrogen and oxygen atoms in total. The lowest BCUT2D eigenvalue weighted by atomic mass is 9.83. The molecule has 0 spiro atoms. The Morgan fingerprint density at radius 1 is 1.11 bits per heavy atom. The summed E-state index contributed by atoms with van der Waals surface area (Å²) in [7, 11) is 0. The molecule has 0 aromatic heterocycles. The van der Waals surface area contributed by atoms with Gasteiger partial charge < -0.3 is 5.32 Å². The summed E-state index contributed by atoms with van der Waals surface area (Å²) in [6, 6.07) is 0.890. The van der Waals surface area contributed by atoms with Gasteiger partial charge in [-0.05, 0) is 76.8 Å². The second-order valence-electron chi connectivity index (χ2n) is 7.53. The summed E-state index contributed by atoms with van der Waals surface area (Å²) >= 11 is 0. The predicted molar refractivity (Wildman–Crippen MR) is 81.4 cm³/mol. The summed E-state index contributed by atoms with van der Waals surface area (Å²) in [5.74, 6) is 1.98. The molecule has 110 valence electrons. The SMILES string of the molecule is CCC1CCC(N2CCCNC(C)(C3CC3)C2)CC1. The fraction of sp³-hybridized carbons (Fsp3) is 1.00. The Bertz CT molecular complexity index is 292. The molecule has 1 N–H and O–H groups in total. The first-order valence-electron chi connectivity index (χ1n) is 8.70. The van der Waals surface area contributed by atoms with Crippen LogP contribution < -0.4 is 5.32 Å². The van der Waals surface area contributed by atoms with Crippen LogP contribution in [0.4, 0.5) is 0 Å². The van der Waals surface area contributed by atoms with Gasteiger partial charge in [0.1, 0.15) is 0 Å². The Kier molecular flexibility index (Phi) is 4.19. The molecule has 2 saturated carbocycles. The maximum atomic E-state index is 3.87. The summed E-state index contributed by atoms with van der Waals surface area (Å²) in [4.78, 5) is 2.85. The van der Waals surface area contributed by atoms with Crippen LogP contribution in [0.3, 0.4) is 0 Å². The minimum Gasteiger partial charge on any atom is -0.310 e. The molecule has 0 bridgehead atoms. The first-order chi connectivity index (χ1) is 9.21. The molecular weight excluding hydrogens is 232 g/mol. The lowest BCUT2D eigenvalue weighted by molar-refractivity contribution is 0.108. The van der Waals surface area contributed by atoms with Gasteiger partial charge in [0.15, 0.2) is 0 Å². The number of nitrogens with zero attached hydrogens (tertiary/aromatic N) is 1. The third-order valence-corrected chi connectivity index (χ3v) is 6.07. The molecule has 2 heteroatoms. The normalized spacial score (nSPS) is 42.0. The van der Waals surface area contributed by atoms with Crippen molar-refractivity contribution in [3.05, 3.63) is 0 Å². The second kappa shape index (κ2) is 5.73. The highest BCUT2D eigenvalue weighted by Crippen LogP contribution is 2.41. The van der Waals surface area contributed by atoms with Crippen molar-refractivity contribution in [2.24, 2.45) is 11.8 Å². The van der Waals surface area contributed by atoms with Gasteiger partial charge in [-0.3, -0.25) is 4.90 Å². The van der Waals surface area contributed by atoms with Crippen molar-refractivity contribution in [3.8, 4) is 0 Å². The molecule has 1 atom stereocenters. The van der Waals surface area contributed by atoms with E-state index in [1.54, 1.807) is 0 Å². The van der Waals surface area contributed by atoms with Crippen molar-refractivity contribution in [1.29, 1.82) is 0 Å². The lowest BCUT2D eigenvalue weighted by Crippen LogP contribution is -2.53. The van der Waals surface area contributed by atoms with Gasteiger partial charge in [0.25, 0.3) is 0 Å². The quantitative estimate of drug-likeness (QED) is 0.840. The number of hydrogen-bond donors (Lipinski definition) is 1. The summed E-state index contributed by atoms with van der Waals surface area (Å²) in [5, 5.41) is 3.87. The standard InChI is InChI=1S/C17H32N2/c1-3-14-5-9-16(10-6-14)19-12-4-11-18-17(2,13-19)15-7-8-15/h14-16,18H,3-13H2,1-2H3. The van der Waals surface area contributed by atoms with Crippen molar-refractivity contribution in [2.45, 2.75) is 76.8 Å². The van der Waals surface area contributed by atoms with Crippen LogP contribution in [0.2, 0.25) is 0 Å². The van der Waals surface area contributed by atoms with Gasteiger partial charge in [0, 0.05) is 18.1 Å². The van der Waals surface area contributed by atoms with E-state index in [9.17, 15) is 0 Å². The highest BCUT2D eigenvalue weighted by atomic mass is 15.2. The Hall–Kier alpha value is -0.0800. The average Bonchev–Trinajstić information content (AvgIpc) is 3.26. The van der Waals surface area contributed by atoms with E-state index in [4.69, 9.17) is 0 Å². The smallest absolute Gasteiger partial charge is 0.0308 e. The minimum atomic E-state index is 0.415. The van der Waals surface area contributed by atoms with Gasteiger partial charge in [0.05, 0.1) is 0 Å². The Balaban J connectivity index is 1.60. The summed E-state index contributed by atoms with van der Waals surface area (Å²) in [5.41, 5.74) is 0.415. The molecule has 3 fully saturated rings. The molecule has 2 aliphatic carbocycles. The Labute approximate surface area is 119 Å². The highest BCUT2D eigenvalue weighted by Gasteiger charge is 2.44. The first-order valence-corrected chi connectivity index (χ1v) is 8.70. The summed E-state index contributed by atoms with van der Waals surface area (Å²) in [6.07, 6.45) is 11.5. The zero-order valence-electron chi connectivity index (χ0n) is 13.0. The first kappa shape index (κ1) is 13.9. The maximum absolute atomic E-state index is 3.87. The number of hydrogen-bond acceptors (Lipinski definition) is 2. The molecule has 1 saturated heterocycles. The largest absolute Gasteiger partial charge is 0.310 e. The van der Waals surface area contributed by atoms with Crippen molar-refractivity contribution < 1.29 is 0 Å². The molecule has 0 aromatic carbocycles. The van der Waals surface area contributed by atoms with E-state index in [0.717, 1.165) is 17.9 Å². The van der Waals surface area contributed by atoms with Gasteiger partial charge >= 0.3 is 0 Å². The molecule has 0 amide bonds. The van der Waals surface area contributed by atoms with Gasteiger partial charge in [-0.25, -0.2) is 0 Å². The Morgan fingerprint density at radius 2 is 1.84 bits per heavy atom. The topological polar surface area (TPSA) is 15.3 Å². The molecule has 0 aromatic rings. The molecule has 3 aliphatic rings. The zero-order valence-corrected chi connectivity index (χ0v) is 13.0. The summed E-state index contributed by atoms with van der Waals surface area (Å²) < 4.78 is 0. The highest BCUT2D eigenvalue weighted by molar-refractivity contribution is 5.02. The van der Waals surface area contributed by atoms with Crippen LogP contribution in [0.5, 0.6) is 0 Å². The van der Waals surface area contributed by atoms with Crippen molar-refractivity contribution in [2.75, 3.05) is 19.6 Å². The fourth-order valence-electron chi connectivity index (χ4n) is 4.44. The van der Waals surface area contributed by atoms with Crippen LogP contribution in [0.1, 0.15) is 65.2 Å². The molecule has 19 heavy (non-hydrogen) atoms. The molecule has 1 unspecified atom stereocenters. The van der Waals surface area contributed by atoms with E-state index < -0.39 is 0 Å². The van der Waals surface area contributed by atoms with Crippen LogP contribution in [0, 0.1) is 11.8 Å². The average molecular weight is 264 g/mol. The van der Waals surface area contributed by atoms with Gasteiger partial charge in [0.2, 0.25) is 0 Å². The monoisotopic (exact) mass is 264 g/mol. The van der Waals surface area contributed by atoms with Crippen LogP contribution in [-0.4, -0.2) is 36.1 Å². The van der Waals surface area contributed by atoms with Gasteiger partial charge in [-0.15, -0.1) is 0 Å². The second-order valence-corrected chi connectivity index (χ2v) is 7.53. The zero-order chi connectivity index (χ0) is 13.3. The van der Waals surface area contributed by atoms with Crippen molar-refractivity contribution >= 4 is 0 Å². The van der Waals surface area contributed by atoms with E-state index in [-0.39, 0.29) is 0 Å². The molecular formula is C17H32N2. The maximum Gasteiger partial charge on any atom is 0.0308 e. The predicted octanol–water partition coefficient (Wildman–Crippen LogP) is 3.42. The molecule has 3 rings (SSSR count). The summed E-state index contributed by atoms with van der Waals surface area (Å²) in [6.45, 7) is 8.72. The molecule has 0 radical (unpaired) electrons. The van der Waals surface area contributed by atoms with E-state index in [2.05, 4.69) is 24.1 Å².